The molecule has 0 aromatic heterocycles. The number of amides is 9. The minimum absolute atomic E-state index is 0.0140. The van der Waals surface area contributed by atoms with E-state index in [1.54, 1.807) is 60.1 Å². The molecular weight excluding hydrogens is 1100 g/mol. The van der Waals surface area contributed by atoms with Gasteiger partial charge in [-0.05, 0) is 29.2 Å². The van der Waals surface area contributed by atoms with Crippen LogP contribution in [0, 0.1) is 11.8 Å². The van der Waals surface area contributed by atoms with E-state index in [4.69, 9.17) is 47.4 Å². The van der Waals surface area contributed by atoms with Crippen molar-refractivity contribution < 1.29 is 95.3 Å². The summed E-state index contributed by atoms with van der Waals surface area (Å²) in [6.07, 6.45) is 2.32. The van der Waals surface area contributed by atoms with Crippen molar-refractivity contribution in [3.05, 3.63) is 41.5 Å². The number of esters is 1. The molecule has 1 atom stereocenters. The number of rotatable bonds is 47. The number of anilines is 1. The van der Waals surface area contributed by atoms with E-state index in [9.17, 15) is 47.9 Å². The molecular formula is C56H90N8O20. The molecule has 0 radical (unpaired) electrons. The first-order chi connectivity index (χ1) is 40.1. The molecule has 0 saturated carbocycles. The normalized spacial score (nSPS) is 12.4. The third kappa shape index (κ3) is 32.0. The summed E-state index contributed by atoms with van der Waals surface area (Å²) < 4.78 is 54.1. The van der Waals surface area contributed by atoms with Crippen LogP contribution in [0.4, 0.5) is 5.69 Å². The largest absolute Gasteiger partial charge is 0.461 e. The Labute approximate surface area is 492 Å². The molecule has 0 fully saturated rings. The van der Waals surface area contributed by atoms with Crippen LogP contribution >= 0.6 is 0 Å². The van der Waals surface area contributed by atoms with Gasteiger partial charge >= 0.3 is 5.97 Å². The molecule has 28 heteroatoms. The Kier molecular flexibility index (Phi) is 37.8. The number of hydrogen-bond acceptors (Lipinski definition) is 20. The summed E-state index contributed by atoms with van der Waals surface area (Å²) in [4.78, 5) is 133. The predicted molar refractivity (Wildman–Crippen MR) is 302 cm³/mol. The van der Waals surface area contributed by atoms with Crippen LogP contribution in [0.2, 0.25) is 0 Å². The van der Waals surface area contributed by atoms with Gasteiger partial charge in [-0.2, -0.15) is 0 Å². The first-order valence-electron chi connectivity index (χ1n) is 27.9. The van der Waals surface area contributed by atoms with Gasteiger partial charge in [0.05, 0.1) is 164 Å². The minimum Gasteiger partial charge on any atom is -0.461 e. The van der Waals surface area contributed by atoms with Gasteiger partial charge in [-0.1, -0.05) is 33.8 Å². The van der Waals surface area contributed by atoms with Crippen molar-refractivity contribution in [1.29, 1.82) is 0 Å². The summed E-state index contributed by atoms with van der Waals surface area (Å²) in [5.74, 6) is -5.87. The summed E-state index contributed by atoms with van der Waals surface area (Å²) in [6.45, 7) is 11.3. The lowest BCUT2D eigenvalue weighted by Crippen LogP contribution is -2.53. The van der Waals surface area contributed by atoms with Gasteiger partial charge in [0.25, 0.3) is 11.8 Å². The van der Waals surface area contributed by atoms with E-state index >= 15 is 0 Å². The van der Waals surface area contributed by atoms with Crippen molar-refractivity contribution in [2.45, 2.75) is 59.7 Å². The van der Waals surface area contributed by atoms with Gasteiger partial charge in [-0.15, -0.1) is 0 Å². The number of methoxy groups -OCH3 is 1. The Morgan fingerprint density at radius 2 is 0.964 bits per heavy atom. The zero-order chi connectivity index (χ0) is 62.2. The fourth-order valence-corrected chi connectivity index (χ4v) is 7.19. The Morgan fingerprint density at radius 3 is 1.44 bits per heavy atom. The maximum absolute atomic E-state index is 13.3. The van der Waals surface area contributed by atoms with Crippen molar-refractivity contribution in [3.63, 3.8) is 0 Å². The Morgan fingerprint density at radius 1 is 0.524 bits per heavy atom. The van der Waals surface area contributed by atoms with Crippen molar-refractivity contribution in [2.24, 2.45) is 11.8 Å². The smallest absolute Gasteiger partial charge is 0.308 e. The van der Waals surface area contributed by atoms with Gasteiger partial charge < -0.3 is 82.9 Å². The van der Waals surface area contributed by atoms with Gasteiger partial charge in [0.1, 0.15) is 12.6 Å². The lowest BCUT2D eigenvalue weighted by molar-refractivity contribution is -0.148. The number of likely N-dealkylation sites (N-methyl/N-ethyl adjacent to an activating group) is 3. The van der Waals surface area contributed by atoms with E-state index in [0.717, 1.165) is 26.9 Å². The fraction of sp³-hybridized carbons (Fsp3) is 0.679. The summed E-state index contributed by atoms with van der Waals surface area (Å²) >= 11 is 0. The van der Waals surface area contributed by atoms with E-state index in [0.29, 0.717) is 103 Å². The van der Waals surface area contributed by atoms with E-state index in [1.807, 2.05) is 0 Å². The number of imide groups is 1. The minimum atomic E-state index is -1.10. The van der Waals surface area contributed by atoms with E-state index in [2.05, 4.69) is 16.0 Å². The molecule has 1 unspecified atom stereocenters. The van der Waals surface area contributed by atoms with Gasteiger partial charge in [0.15, 0.2) is 0 Å². The van der Waals surface area contributed by atoms with Crippen LogP contribution < -0.4 is 16.0 Å². The SMILES string of the molecule is COCCOCCOCCOCCOCCOCCOCCOCCC(=O)N(C)Cc1cc(NC(=O)CNC(=O)C(NC(=O)CN(C)C(=O)CN(C)C(=O)CN(C)C(=O)CCOCCN2C(=O)C=CC2=O)C(C)C)ccc1COC(=O)C(C)C. The first kappa shape index (κ1) is 73.6. The van der Waals surface area contributed by atoms with Crippen LogP contribution in [-0.2, 0) is 108 Å². The molecule has 1 heterocycles. The maximum atomic E-state index is 13.3. The summed E-state index contributed by atoms with van der Waals surface area (Å²) in [6, 6.07) is 3.80. The van der Waals surface area contributed by atoms with Gasteiger partial charge in [-0.25, -0.2) is 0 Å². The molecule has 0 bridgehead atoms. The number of benzene rings is 1. The van der Waals surface area contributed by atoms with Crippen LogP contribution in [0.15, 0.2) is 30.4 Å². The van der Waals surface area contributed by atoms with E-state index in [-0.39, 0.29) is 77.3 Å². The fourth-order valence-electron chi connectivity index (χ4n) is 7.19. The van der Waals surface area contributed by atoms with Gasteiger partial charge in [0, 0.05) is 59.7 Å². The molecule has 3 N–H and O–H groups in total. The Bertz CT molecular complexity index is 2230. The number of carbonyl (C=O) groups is 10. The number of nitrogens with one attached hydrogen (secondary N) is 3. The van der Waals surface area contributed by atoms with Crippen molar-refractivity contribution >= 4 is 64.8 Å². The molecule has 1 aliphatic rings. The number of carbonyl (C=O) groups excluding carboxylic acids is 10. The molecule has 84 heavy (non-hydrogen) atoms. The molecule has 9 amide bonds. The Balaban J connectivity index is 1.74. The molecule has 474 valence electrons. The van der Waals surface area contributed by atoms with Crippen LogP contribution in [0.5, 0.6) is 0 Å². The van der Waals surface area contributed by atoms with Gasteiger partial charge in [-0.3, -0.25) is 52.8 Å². The monoisotopic (exact) mass is 1190 g/mol. The van der Waals surface area contributed by atoms with Crippen molar-refractivity contribution in [2.75, 3.05) is 186 Å². The standard InChI is InChI=1S/C56H90N8O20/c1-41(2)54(59-47(66)37-61(6)52(71)39-63(8)53(72)38-62(7)49(68)14-17-76-19-16-64-50(69)12-13-51(64)70)55(73)57-35-46(65)58-45-11-10-43(40-84-56(74)42(3)4)44(34-45)36-60(5)48(67)15-18-77-22-23-79-26-27-81-30-31-83-33-32-82-29-28-80-25-24-78-21-20-75-9/h10-13,34,41-42,54H,14-33,35-40H2,1-9H3,(H,57,73)(H,58,65)(H,59,66). The highest BCUT2D eigenvalue weighted by Gasteiger charge is 2.27. The topological polar surface area (TPSA) is 315 Å². The molecule has 1 aromatic rings. The molecule has 2 rings (SSSR count). The van der Waals surface area contributed by atoms with E-state index in [1.165, 1.54) is 30.9 Å². The molecule has 0 spiro atoms. The highest BCUT2D eigenvalue weighted by molar-refractivity contribution is 6.12. The van der Waals surface area contributed by atoms with Crippen molar-refractivity contribution in [3.8, 4) is 0 Å². The lowest BCUT2D eigenvalue weighted by atomic mass is 10.0. The first-order valence-corrected chi connectivity index (χ1v) is 27.9. The second-order valence-corrected chi connectivity index (χ2v) is 19.9. The average molecular weight is 1200 g/mol. The van der Waals surface area contributed by atoms with Crippen LogP contribution in [-0.4, -0.2) is 270 Å². The molecule has 1 aromatic carbocycles. The third-order valence-electron chi connectivity index (χ3n) is 12.2. The van der Waals surface area contributed by atoms with Crippen molar-refractivity contribution in [1.82, 2.24) is 35.1 Å². The highest BCUT2D eigenvalue weighted by Crippen LogP contribution is 2.20. The van der Waals surface area contributed by atoms with Crippen LogP contribution in [0.1, 0.15) is 51.7 Å². The average Bonchev–Trinajstić information content (AvgIpc) is 3.80. The number of hydrogen-bond donors (Lipinski definition) is 3. The van der Waals surface area contributed by atoms with Crippen LogP contribution in [0.3, 0.4) is 0 Å². The zero-order valence-electron chi connectivity index (χ0n) is 50.4. The number of nitrogens with zero attached hydrogens (tertiary/aromatic N) is 5. The summed E-state index contributed by atoms with van der Waals surface area (Å²) in [5, 5.41) is 7.87. The zero-order valence-corrected chi connectivity index (χ0v) is 50.4. The maximum Gasteiger partial charge on any atom is 0.308 e. The molecule has 1 aliphatic heterocycles. The lowest BCUT2D eigenvalue weighted by Gasteiger charge is -2.25. The Hall–Kier alpha value is -6.50. The summed E-state index contributed by atoms with van der Waals surface area (Å²) in [7, 11) is 7.36. The molecule has 0 aliphatic carbocycles. The summed E-state index contributed by atoms with van der Waals surface area (Å²) in [5.41, 5.74) is 1.52. The molecule has 28 nitrogen and oxygen atoms in total. The van der Waals surface area contributed by atoms with E-state index < -0.39 is 84.8 Å². The van der Waals surface area contributed by atoms with Gasteiger partial charge in [0.2, 0.25) is 41.4 Å². The van der Waals surface area contributed by atoms with Crippen LogP contribution in [0.25, 0.3) is 0 Å². The molecule has 0 saturated heterocycles. The quantitative estimate of drug-likeness (QED) is 0.0417. The number of ether oxygens (including phenoxy) is 10. The second kappa shape index (κ2) is 43.2. The second-order valence-electron chi connectivity index (χ2n) is 19.9. The third-order valence-corrected chi connectivity index (χ3v) is 12.2. The predicted octanol–water partition coefficient (Wildman–Crippen LogP) is -0.601. The highest BCUT2D eigenvalue weighted by atomic mass is 16.6.